The van der Waals surface area contributed by atoms with Crippen molar-refractivity contribution in [1.29, 1.82) is 0 Å². The highest BCUT2D eigenvalue weighted by atomic mass is 32.1. The first kappa shape index (κ1) is 18.2. The van der Waals surface area contributed by atoms with E-state index in [0.717, 1.165) is 37.7 Å². The second-order valence-electron chi connectivity index (χ2n) is 6.69. The average Bonchev–Trinajstić information content (AvgIpc) is 3.51. The first-order chi connectivity index (χ1) is 14.6. The molecule has 0 amide bonds. The molecule has 2 aromatic carbocycles. The van der Waals surface area contributed by atoms with Gasteiger partial charge in [-0.15, -0.1) is 11.3 Å². The molecule has 0 aliphatic carbocycles. The third-order valence-electron chi connectivity index (χ3n) is 4.81. The normalized spacial score (nSPS) is 11.2. The van der Waals surface area contributed by atoms with Gasteiger partial charge < -0.3 is 15.2 Å². The van der Waals surface area contributed by atoms with Gasteiger partial charge in [-0.1, -0.05) is 6.07 Å². The van der Waals surface area contributed by atoms with Gasteiger partial charge in [-0.3, -0.25) is 4.57 Å². The lowest BCUT2D eigenvalue weighted by Gasteiger charge is -2.06. The standard InChI is InChI=1S/C21H15N5O3S/c27-11-13-1-6-17-19(9-13)30-21(24-17)14-2-4-15(5-3-14)25-12-22-10-18(25)16-7-8-20(23-16)26(28)29/h1-10,12,23,27H,11H2. The van der Waals surface area contributed by atoms with Crippen molar-refractivity contribution >= 4 is 27.4 Å². The highest BCUT2D eigenvalue weighted by Crippen LogP contribution is 2.32. The second-order valence-corrected chi connectivity index (χ2v) is 7.72. The molecule has 3 heterocycles. The van der Waals surface area contributed by atoms with Crippen molar-refractivity contribution in [3.05, 3.63) is 82.8 Å². The van der Waals surface area contributed by atoms with Gasteiger partial charge in [0.25, 0.3) is 0 Å². The maximum Gasteiger partial charge on any atom is 0.321 e. The topological polar surface area (TPSA) is 110 Å². The van der Waals surface area contributed by atoms with Crippen molar-refractivity contribution in [2.45, 2.75) is 6.61 Å². The number of nitrogens with zero attached hydrogens (tertiary/aromatic N) is 4. The Labute approximate surface area is 174 Å². The molecule has 9 heteroatoms. The van der Waals surface area contributed by atoms with Gasteiger partial charge in [0.1, 0.15) is 10.7 Å². The molecule has 0 unspecified atom stereocenters. The Bertz CT molecular complexity index is 1370. The molecule has 8 nitrogen and oxygen atoms in total. The molecule has 3 aromatic heterocycles. The van der Waals surface area contributed by atoms with E-state index in [9.17, 15) is 15.2 Å². The van der Waals surface area contributed by atoms with Crippen LogP contribution in [0.3, 0.4) is 0 Å². The molecule has 0 aliphatic heterocycles. The zero-order chi connectivity index (χ0) is 20.7. The molecule has 0 saturated carbocycles. The lowest BCUT2D eigenvalue weighted by Crippen LogP contribution is -1.95. The minimum absolute atomic E-state index is 0.00901. The van der Waals surface area contributed by atoms with Gasteiger partial charge in [-0.2, -0.15) is 0 Å². The third kappa shape index (κ3) is 3.15. The molecular weight excluding hydrogens is 402 g/mol. The Balaban J connectivity index is 1.47. The number of rotatable bonds is 5. The Morgan fingerprint density at radius 1 is 1.13 bits per heavy atom. The number of aliphatic hydroxyl groups excluding tert-OH is 1. The number of nitrogens with one attached hydrogen (secondary N) is 1. The summed E-state index contributed by atoms with van der Waals surface area (Å²) in [4.78, 5) is 22.2. The Kier molecular flexibility index (Phi) is 4.38. The molecule has 0 fully saturated rings. The zero-order valence-electron chi connectivity index (χ0n) is 15.5. The van der Waals surface area contributed by atoms with Crippen LogP contribution >= 0.6 is 11.3 Å². The number of benzene rings is 2. The van der Waals surface area contributed by atoms with E-state index in [1.54, 1.807) is 29.9 Å². The third-order valence-corrected chi connectivity index (χ3v) is 5.88. The first-order valence-corrected chi connectivity index (χ1v) is 9.91. The summed E-state index contributed by atoms with van der Waals surface area (Å²) in [5, 5.41) is 21.2. The van der Waals surface area contributed by atoms with Crippen LogP contribution in [-0.4, -0.2) is 29.5 Å². The summed E-state index contributed by atoms with van der Waals surface area (Å²) in [6, 6.07) is 16.8. The maximum absolute atomic E-state index is 10.9. The smallest absolute Gasteiger partial charge is 0.321 e. The minimum atomic E-state index is -0.458. The molecule has 0 saturated heterocycles. The minimum Gasteiger partial charge on any atom is -0.392 e. The van der Waals surface area contributed by atoms with Gasteiger partial charge >= 0.3 is 5.82 Å². The molecule has 0 radical (unpaired) electrons. The van der Waals surface area contributed by atoms with Crippen molar-refractivity contribution in [3.8, 4) is 27.6 Å². The molecule has 0 bridgehead atoms. The van der Waals surface area contributed by atoms with Crippen LogP contribution in [-0.2, 0) is 6.61 Å². The van der Waals surface area contributed by atoms with Crippen molar-refractivity contribution in [3.63, 3.8) is 0 Å². The molecule has 148 valence electrons. The molecule has 0 atom stereocenters. The number of thiazole rings is 1. The van der Waals surface area contributed by atoms with E-state index in [1.807, 2.05) is 47.0 Å². The number of hydrogen-bond donors (Lipinski definition) is 2. The van der Waals surface area contributed by atoms with Crippen LogP contribution in [0.1, 0.15) is 5.56 Å². The molecule has 0 spiro atoms. The lowest BCUT2D eigenvalue weighted by molar-refractivity contribution is -0.389. The first-order valence-electron chi connectivity index (χ1n) is 9.09. The summed E-state index contributed by atoms with van der Waals surface area (Å²) in [6.07, 6.45) is 3.33. The highest BCUT2D eigenvalue weighted by Gasteiger charge is 2.15. The largest absolute Gasteiger partial charge is 0.392 e. The van der Waals surface area contributed by atoms with Crippen LogP contribution in [0, 0.1) is 10.1 Å². The van der Waals surface area contributed by atoms with Crippen LogP contribution in [0.4, 0.5) is 5.82 Å². The van der Waals surface area contributed by atoms with Crippen molar-refractivity contribution < 1.29 is 10.0 Å². The summed E-state index contributed by atoms with van der Waals surface area (Å²) in [7, 11) is 0. The molecule has 0 aliphatic rings. The molecule has 5 aromatic rings. The van der Waals surface area contributed by atoms with Crippen LogP contribution in [0.5, 0.6) is 0 Å². The number of nitro groups is 1. The number of aromatic amines is 1. The SMILES string of the molecule is O=[N+]([O-])c1ccc(-c2cncn2-c2ccc(-c3nc4ccc(CO)cc4s3)cc2)[nH]1. The quantitative estimate of drug-likeness (QED) is 0.322. The fourth-order valence-corrected chi connectivity index (χ4v) is 4.33. The van der Waals surface area contributed by atoms with Gasteiger partial charge in [0.2, 0.25) is 0 Å². The summed E-state index contributed by atoms with van der Waals surface area (Å²) in [5.41, 5.74) is 4.99. The predicted molar refractivity (Wildman–Crippen MR) is 115 cm³/mol. The second kappa shape index (κ2) is 7.21. The summed E-state index contributed by atoms with van der Waals surface area (Å²) in [5.74, 6) is -0.0618. The van der Waals surface area contributed by atoms with Crippen LogP contribution in [0.2, 0.25) is 0 Å². The Morgan fingerprint density at radius 3 is 2.70 bits per heavy atom. The number of imidazole rings is 1. The van der Waals surface area contributed by atoms with Crippen LogP contribution in [0.25, 0.3) is 37.9 Å². The van der Waals surface area contributed by atoms with Gasteiger partial charge in [-0.05, 0) is 53.0 Å². The number of aliphatic hydroxyl groups is 1. The lowest BCUT2D eigenvalue weighted by atomic mass is 10.2. The molecule has 30 heavy (non-hydrogen) atoms. The number of H-pyrrole nitrogens is 1. The average molecular weight is 417 g/mol. The van der Waals surface area contributed by atoms with E-state index >= 15 is 0 Å². The fourth-order valence-electron chi connectivity index (χ4n) is 3.30. The van der Waals surface area contributed by atoms with Crippen molar-refractivity contribution in [1.82, 2.24) is 19.5 Å². The molecule has 2 N–H and O–H groups in total. The highest BCUT2D eigenvalue weighted by molar-refractivity contribution is 7.21. The van der Waals surface area contributed by atoms with Crippen LogP contribution in [0.15, 0.2) is 67.1 Å². The summed E-state index contributed by atoms with van der Waals surface area (Å²) in [6.45, 7) is 0.00901. The summed E-state index contributed by atoms with van der Waals surface area (Å²) < 4.78 is 2.90. The van der Waals surface area contributed by atoms with Crippen molar-refractivity contribution in [2.24, 2.45) is 0 Å². The monoisotopic (exact) mass is 417 g/mol. The van der Waals surface area contributed by atoms with Gasteiger partial charge in [0, 0.05) is 17.3 Å². The number of hydrogen-bond acceptors (Lipinski definition) is 6. The van der Waals surface area contributed by atoms with E-state index in [1.165, 1.54) is 6.07 Å². The van der Waals surface area contributed by atoms with E-state index in [0.29, 0.717) is 5.69 Å². The summed E-state index contributed by atoms with van der Waals surface area (Å²) >= 11 is 1.58. The molecule has 5 rings (SSSR count). The van der Waals surface area contributed by atoms with Gasteiger partial charge in [-0.25, -0.2) is 15.0 Å². The van der Waals surface area contributed by atoms with Gasteiger partial charge in [0.15, 0.2) is 5.69 Å². The van der Waals surface area contributed by atoms with E-state index in [2.05, 4.69) is 15.0 Å². The predicted octanol–water partition coefficient (Wildman–Crippen LogP) is 4.54. The number of fused-ring (bicyclic) bond motifs is 1. The van der Waals surface area contributed by atoms with Crippen LogP contribution < -0.4 is 0 Å². The zero-order valence-corrected chi connectivity index (χ0v) is 16.3. The number of aromatic nitrogens is 4. The molecular formula is C21H15N5O3S. The maximum atomic E-state index is 10.9. The van der Waals surface area contributed by atoms with E-state index in [-0.39, 0.29) is 12.4 Å². The van der Waals surface area contributed by atoms with Crippen molar-refractivity contribution in [2.75, 3.05) is 0 Å². The van der Waals surface area contributed by atoms with E-state index in [4.69, 9.17) is 0 Å². The van der Waals surface area contributed by atoms with Gasteiger partial charge in [0.05, 0.1) is 29.3 Å². The fraction of sp³-hybridized carbons (Fsp3) is 0.0476. The van der Waals surface area contributed by atoms with E-state index < -0.39 is 4.92 Å². The Hall–Kier alpha value is -3.82. The Morgan fingerprint density at radius 2 is 1.97 bits per heavy atom.